The maximum Gasteiger partial charge on any atom is 0.0264 e. The number of hydrogen-bond donors (Lipinski definition) is 1. The Hall–Kier alpha value is -0.0800. The first-order valence-electron chi connectivity index (χ1n) is 5.41. The standard InChI is InChI=1S/C10H18N2/c1-2-4-12-9(3-1)5-8-6-11-7-10(8)12/h8-11H,1-7H2/t8-,9-,10-/m1/s1. The summed E-state index contributed by atoms with van der Waals surface area (Å²) in [6, 6.07) is 1.88. The lowest BCUT2D eigenvalue weighted by Gasteiger charge is -2.33. The van der Waals surface area contributed by atoms with E-state index in [2.05, 4.69) is 10.2 Å². The molecule has 2 heteroatoms. The quantitative estimate of drug-likeness (QED) is 0.573. The Morgan fingerprint density at radius 2 is 2.17 bits per heavy atom. The molecular weight excluding hydrogens is 148 g/mol. The maximum atomic E-state index is 3.52. The molecule has 0 aromatic carbocycles. The third kappa shape index (κ3) is 0.944. The lowest BCUT2D eigenvalue weighted by Crippen LogP contribution is -2.42. The first-order chi connectivity index (χ1) is 5.95. The van der Waals surface area contributed by atoms with Crippen molar-refractivity contribution in [1.82, 2.24) is 10.2 Å². The summed E-state index contributed by atoms with van der Waals surface area (Å²) < 4.78 is 0. The first-order valence-corrected chi connectivity index (χ1v) is 5.41. The van der Waals surface area contributed by atoms with Crippen LogP contribution in [-0.4, -0.2) is 36.6 Å². The van der Waals surface area contributed by atoms with Crippen LogP contribution in [0, 0.1) is 5.92 Å². The SMILES string of the molecule is C1CCN2[C@H](C1)C[C@@H]1CNC[C@H]12. The zero-order chi connectivity index (χ0) is 7.97. The van der Waals surface area contributed by atoms with Crippen LogP contribution >= 0.6 is 0 Å². The Morgan fingerprint density at radius 3 is 3.17 bits per heavy atom. The van der Waals surface area contributed by atoms with Gasteiger partial charge in [-0.05, 0) is 38.3 Å². The minimum atomic E-state index is 0.912. The summed E-state index contributed by atoms with van der Waals surface area (Å²) in [5, 5.41) is 3.52. The molecule has 12 heavy (non-hydrogen) atoms. The van der Waals surface area contributed by atoms with Crippen molar-refractivity contribution >= 4 is 0 Å². The van der Waals surface area contributed by atoms with E-state index in [9.17, 15) is 0 Å². The van der Waals surface area contributed by atoms with Crippen molar-refractivity contribution in [3.05, 3.63) is 0 Å². The van der Waals surface area contributed by atoms with Crippen LogP contribution in [0.4, 0.5) is 0 Å². The zero-order valence-corrected chi connectivity index (χ0v) is 7.63. The van der Waals surface area contributed by atoms with Gasteiger partial charge in [-0.2, -0.15) is 0 Å². The molecule has 68 valence electrons. The first kappa shape index (κ1) is 7.34. The molecular formula is C10H18N2. The Morgan fingerprint density at radius 1 is 1.17 bits per heavy atom. The number of piperidine rings is 1. The van der Waals surface area contributed by atoms with E-state index in [0.29, 0.717) is 0 Å². The molecule has 3 saturated heterocycles. The predicted octanol–water partition coefficient (Wildman–Crippen LogP) is 0.833. The number of hydrogen-bond acceptors (Lipinski definition) is 2. The summed E-state index contributed by atoms with van der Waals surface area (Å²) in [4.78, 5) is 2.79. The highest BCUT2D eigenvalue weighted by molar-refractivity contribution is 5.00. The van der Waals surface area contributed by atoms with Crippen LogP contribution in [-0.2, 0) is 0 Å². The van der Waals surface area contributed by atoms with Crippen molar-refractivity contribution in [3.8, 4) is 0 Å². The molecule has 0 saturated carbocycles. The highest BCUT2D eigenvalue weighted by Crippen LogP contribution is 2.36. The Balaban J connectivity index is 1.79. The molecule has 1 N–H and O–H groups in total. The Kier molecular flexibility index (Phi) is 1.66. The smallest absolute Gasteiger partial charge is 0.0264 e. The molecule has 0 spiro atoms. The number of nitrogens with one attached hydrogen (secondary N) is 1. The molecule has 0 amide bonds. The molecule has 3 aliphatic heterocycles. The fraction of sp³-hybridized carbons (Fsp3) is 1.00. The fourth-order valence-electron chi connectivity index (χ4n) is 3.41. The third-order valence-electron chi connectivity index (χ3n) is 3.98. The number of fused-ring (bicyclic) bond motifs is 3. The van der Waals surface area contributed by atoms with Crippen molar-refractivity contribution in [2.24, 2.45) is 5.92 Å². The second-order valence-electron chi connectivity index (χ2n) is 4.61. The maximum absolute atomic E-state index is 3.52. The monoisotopic (exact) mass is 166 g/mol. The van der Waals surface area contributed by atoms with E-state index in [1.165, 1.54) is 45.3 Å². The highest BCUT2D eigenvalue weighted by Gasteiger charge is 2.43. The molecule has 0 aromatic heterocycles. The van der Waals surface area contributed by atoms with Gasteiger partial charge in [0.05, 0.1) is 0 Å². The molecule has 3 fully saturated rings. The Bertz CT molecular complexity index is 181. The molecule has 3 atom stereocenters. The third-order valence-corrected chi connectivity index (χ3v) is 3.98. The summed E-state index contributed by atoms with van der Waals surface area (Å²) in [5.74, 6) is 0.994. The average molecular weight is 166 g/mol. The van der Waals surface area contributed by atoms with Crippen LogP contribution < -0.4 is 5.32 Å². The molecule has 3 aliphatic rings. The van der Waals surface area contributed by atoms with E-state index in [1.54, 1.807) is 0 Å². The molecule has 3 rings (SSSR count). The second kappa shape index (κ2) is 2.71. The molecule has 2 nitrogen and oxygen atoms in total. The van der Waals surface area contributed by atoms with Crippen molar-refractivity contribution in [2.45, 2.75) is 37.8 Å². The van der Waals surface area contributed by atoms with Gasteiger partial charge in [0.15, 0.2) is 0 Å². The number of rotatable bonds is 0. The van der Waals surface area contributed by atoms with Crippen LogP contribution in [0.15, 0.2) is 0 Å². The van der Waals surface area contributed by atoms with Crippen molar-refractivity contribution in [2.75, 3.05) is 19.6 Å². The van der Waals surface area contributed by atoms with Gasteiger partial charge in [0.1, 0.15) is 0 Å². The largest absolute Gasteiger partial charge is 0.315 e. The van der Waals surface area contributed by atoms with E-state index < -0.39 is 0 Å². The van der Waals surface area contributed by atoms with E-state index in [4.69, 9.17) is 0 Å². The Labute approximate surface area is 74.3 Å². The molecule has 0 unspecified atom stereocenters. The zero-order valence-electron chi connectivity index (χ0n) is 7.63. The van der Waals surface area contributed by atoms with Gasteiger partial charge in [0.2, 0.25) is 0 Å². The average Bonchev–Trinajstić information content (AvgIpc) is 2.62. The van der Waals surface area contributed by atoms with Crippen LogP contribution in [0.1, 0.15) is 25.7 Å². The minimum Gasteiger partial charge on any atom is -0.315 e. The van der Waals surface area contributed by atoms with Crippen molar-refractivity contribution in [1.29, 1.82) is 0 Å². The molecule has 0 radical (unpaired) electrons. The van der Waals surface area contributed by atoms with E-state index in [-0.39, 0.29) is 0 Å². The van der Waals surface area contributed by atoms with E-state index in [1.807, 2.05) is 0 Å². The van der Waals surface area contributed by atoms with Gasteiger partial charge in [-0.25, -0.2) is 0 Å². The lowest BCUT2D eigenvalue weighted by molar-refractivity contribution is 0.151. The van der Waals surface area contributed by atoms with Crippen LogP contribution in [0.5, 0.6) is 0 Å². The second-order valence-corrected chi connectivity index (χ2v) is 4.61. The summed E-state index contributed by atoms with van der Waals surface area (Å²) in [6.45, 7) is 3.94. The predicted molar refractivity (Wildman–Crippen MR) is 49.1 cm³/mol. The van der Waals surface area contributed by atoms with Gasteiger partial charge < -0.3 is 5.32 Å². The van der Waals surface area contributed by atoms with Crippen LogP contribution in [0.25, 0.3) is 0 Å². The summed E-state index contributed by atoms with van der Waals surface area (Å²) in [5.41, 5.74) is 0. The van der Waals surface area contributed by atoms with Crippen LogP contribution in [0.2, 0.25) is 0 Å². The molecule has 0 aromatic rings. The number of nitrogens with zero attached hydrogens (tertiary/aromatic N) is 1. The fourth-order valence-corrected chi connectivity index (χ4v) is 3.41. The van der Waals surface area contributed by atoms with Gasteiger partial charge in [0, 0.05) is 18.6 Å². The lowest BCUT2D eigenvalue weighted by atomic mass is 9.99. The van der Waals surface area contributed by atoms with Crippen molar-refractivity contribution < 1.29 is 0 Å². The van der Waals surface area contributed by atoms with E-state index >= 15 is 0 Å². The summed E-state index contributed by atoms with van der Waals surface area (Å²) >= 11 is 0. The minimum absolute atomic E-state index is 0.912. The topological polar surface area (TPSA) is 15.3 Å². The molecule has 3 heterocycles. The van der Waals surface area contributed by atoms with Gasteiger partial charge in [-0.3, -0.25) is 4.90 Å². The van der Waals surface area contributed by atoms with Gasteiger partial charge >= 0.3 is 0 Å². The summed E-state index contributed by atoms with van der Waals surface area (Å²) in [6.07, 6.45) is 5.89. The van der Waals surface area contributed by atoms with Gasteiger partial charge in [0.25, 0.3) is 0 Å². The summed E-state index contributed by atoms with van der Waals surface area (Å²) in [7, 11) is 0. The molecule has 0 bridgehead atoms. The van der Waals surface area contributed by atoms with E-state index in [0.717, 1.165) is 18.0 Å². The normalized spacial score (nSPS) is 47.5. The van der Waals surface area contributed by atoms with Crippen LogP contribution in [0.3, 0.4) is 0 Å². The molecule has 0 aliphatic carbocycles. The van der Waals surface area contributed by atoms with Crippen molar-refractivity contribution in [3.63, 3.8) is 0 Å². The highest BCUT2D eigenvalue weighted by atomic mass is 15.3. The van der Waals surface area contributed by atoms with Gasteiger partial charge in [-0.1, -0.05) is 6.42 Å². The van der Waals surface area contributed by atoms with Gasteiger partial charge in [-0.15, -0.1) is 0 Å².